The lowest BCUT2D eigenvalue weighted by atomic mass is 9.92. The highest BCUT2D eigenvalue weighted by molar-refractivity contribution is 5.77. The number of aliphatic hydroxyl groups excluding tert-OH is 1. The minimum absolute atomic E-state index is 0.164. The van der Waals surface area contributed by atoms with Crippen LogP contribution in [0, 0.1) is 11.8 Å². The molecule has 0 aromatic carbocycles. The van der Waals surface area contributed by atoms with Crippen molar-refractivity contribution in [2.45, 2.75) is 46.1 Å². The zero-order valence-electron chi connectivity index (χ0n) is 9.29. The smallest absolute Gasteiger partial charge is 0.237 e. The summed E-state index contributed by atoms with van der Waals surface area (Å²) in [5.74, 6) is 5.30. The number of carbonyl (C=O) groups excluding carboxylic acids is 1. The molecule has 1 amide bonds. The topological polar surface area (TPSA) is 75.3 Å². The van der Waals surface area contributed by atoms with Gasteiger partial charge in [0.2, 0.25) is 5.91 Å². The Morgan fingerprint density at radius 3 is 2.29 bits per heavy atom. The summed E-state index contributed by atoms with van der Waals surface area (Å²) < 4.78 is 0. The van der Waals surface area contributed by atoms with E-state index in [0.717, 1.165) is 12.8 Å². The summed E-state index contributed by atoms with van der Waals surface area (Å²) in [5, 5.41) is 9.21. The minimum atomic E-state index is -0.454. The molecule has 2 atom stereocenters. The van der Waals surface area contributed by atoms with E-state index in [1.807, 2.05) is 0 Å². The zero-order chi connectivity index (χ0) is 11.1. The van der Waals surface area contributed by atoms with Crippen molar-refractivity contribution in [2.75, 3.05) is 0 Å². The van der Waals surface area contributed by atoms with Crippen LogP contribution in [0.25, 0.3) is 0 Å². The summed E-state index contributed by atoms with van der Waals surface area (Å²) in [7, 11) is 0. The molecular weight excluding hydrogens is 180 g/mol. The predicted octanol–water partition coefficient (Wildman–Crippen LogP) is 0.800. The van der Waals surface area contributed by atoms with E-state index in [4.69, 9.17) is 5.84 Å². The molecule has 0 unspecified atom stereocenters. The molecule has 0 saturated heterocycles. The van der Waals surface area contributed by atoms with E-state index in [1.54, 1.807) is 6.92 Å². The highest BCUT2D eigenvalue weighted by Crippen LogP contribution is 2.17. The number of nitrogens with two attached hydrogens (primary N) is 1. The van der Waals surface area contributed by atoms with Gasteiger partial charge in [-0.05, 0) is 25.7 Å². The van der Waals surface area contributed by atoms with Gasteiger partial charge < -0.3 is 5.11 Å². The largest absolute Gasteiger partial charge is 0.393 e. The van der Waals surface area contributed by atoms with Crippen molar-refractivity contribution >= 4 is 5.91 Å². The monoisotopic (exact) mass is 202 g/mol. The predicted molar refractivity (Wildman–Crippen MR) is 56.2 cm³/mol. The van der Waals surface area contributed by atoms with Crippen LogP contribution in [-0.4, -0.2) is 17.1 Å². The fourth-order valence-electron chi connectivity index (χ4n) is 1.42. The highest BCUT2D eigenvalue weighted by Gasteiger charge is 2.19. The van der Waals surface area contributed by atoms with Gasteiger partial charge in [0.15, 0.2) is 0 Å². The molecule has 84 valence electrons. The Balaban J connectivity index is 4.04. The number of amides is 1. The van der Waals surface area contributed by atoms with Crippen LogP contribution in [0.3, 0.4) is 0 Å². The summed E-state index contributed by atoms with van der Waals surface area (Å²) in [4.78, 5) is 11.3. The molecular formula is C10H22N2O2. The number of hydrogen-bond donors (Lipinski definition) is 3. The quantitative estimate of drug-likeness (QED) is 0.339. The molecule has 0 radical (unpaired) electrons. The zero-order valence-corrected chi connectivity index (χ0v) is 9.29. The second-order valence-corrected chi connectivity index (χ2v) is 4.26. The number of carbonyl (C=O) groups is 1. The van der Waals surface area contributed by atoms with Crippen molar-refractivity contribution in [3.8, 4) is 0 Å². The fraction of sp³-hybridized carbons (Fsp3) is 0.900. The van der Waals surface area contributed by atoms with E-state index >= 15 is 0 Å². The second-order valence-electron chi connectivity index (χ2n) is 4.26. The maximum atomic E-state index is 11.3. The van der Waals surface area contributed by atoms with Crippen LogP contribution >= 0.6 is 0 Å². The van der Waals surface area contributed by atoms with E-state index in [9.17, 15) is 9.90 Å². The van der Waals surface area contributed by atoms with Crippen LogP contribution in [-0.2, 0) is 4.79 Å². The van der Waals surface area contributed by atoms with Gasteiger partial charge in [0.1, 0.15) is 0 Å². The number of hydrazine groups is 1. The van der Waals surface area contributed by atoms with E-state index in [1.165, 1.54) is 0 Å². The summed E-state index contributed by atoms with van der Waals surface area (Å²) >= 11 is 0. The standard InChI is InChI=1S/C10H22N2O2/c1-7(2)4-5-9(6-8(3)13)10(14)12-11/h7-9,13H,4-6,11H2,1-3H3,(H,12,14)/t8-,9+/m0/s1. The molecule has 0 saturated carbocycles. The Labute approximate surface area is 85.8 Å². The van der Waals surface area contributed by atoms with Crippen LogP contribution in [0.2, 0.25) is 0 Å². The van der Waals surface area contributed by atoms with Gasteiger partial charge in [-0.15, -0.1) is 0 Å². The molecule has 0 fully saturated rings. The van der Waals surface area contributed by atoms with Crippen LogP contribution in [0.1, 0.15) is 40.0 Å². The number of aliphatic hydroxyl groups is 1. The minimum Gasteiger partial charge on any atom is -0.393 e. The average Bonchev–Trinajstić information content (AvgIpc) is 2.10. The first-order valence-corrected chi connectivity index (χ1v) is 5.15. The van der Waals surface area contributed by atoms with Crippen molar-refractivity contribution in [1.82, 2.24) is 5.43 Å². The van der Waals surface area contributed by atoms with Crippen molar-refractivity contribution in [1.29, 1.82) is 0 Å². The molecule has 0 aliphatic carbocycles. The summed E-state index contributed by atoms with van der Waals surface area (Å²) in [6, 6.07) is 0. The van der Waals surface area contributed by atoms with Gasteiger partial charge in [-0.3, -0.25) is 10.2 Å². The SMILES string of the molecule is CC(C)CC[C@H](C[C@H](C)O)C(=O)NN. The Morgan fingerprint density at radius 1 is 1.36 bits per heavy atom. The molecule has 0 aliphatic heterocycles. The van der Waals surface area contributed by atoms with Crippen molar-refractivity contribution in [3.63, 3.8) is 0 Å². The van der Waals surface area contributed by atoms with Gasteiger partial charge in [-0.25, -0.2) is 5.84 Å². The van der Waals surface area contributed by atoms with Gasteiger partial charge in [0, 0.05) is 5.92 Å². The summed E-state index contributed by atoms with van der Waals surface area (Å²) in [6.07, 6.45) is 1.79. The third-order valence-corrected chi connectivity index (χ3v) is 2.23. The maximum Gasteiger partial charge on any atom is 0.237 e. The molecule has 0 bridgehead atoms. The normalized spacial score (nSPS) is 15.3. The summed E-state index contributed by atoms with van der Waals surface area (Å²) in [6.45, 7) is 5.91. The van der Waals surface area contributed by atoms with Crippen LogP contribution in [0.5, 0.6) is 0 Å². The third-order valence-electron chi connectivity index (χ3n) is 2.23. The fourth-order valence-corrected chi connectivity index (χ4v) is 1.42. The molecule has 4 heteroatoms. The van der Waals surface area contributed by atoms with Crippen molar-refractivity contribution in [2.24, 2.45) is 17.7 Å². The van der Waals surface area contributed by atoms with Crippen LogP contribution in [0.15, 0.2) is 0 Å². The number of nitrogens with one attached hydrogen (secondary N) is 1. The van der Waals surface area contributed by atoms with Gasteiger partial charge in [-0.2, -0.15) is 0 Å². The van der Waals surface area contributed by atoms with E-state index < -0.39 is 6.10 Å². The Morgan fingerprint density at radius 2 is 1.93 bits per heavy atom. The molecule has 0 rings (SSSR count). The van der Waals surface area contributed by atoms with Crippen LogP contribution in [0.4, 0.5) is 0 Å². The van der Waals surface area contributed by atoms with Crippen molar-refractivity contribution in [3.05, 3.63) is 0 Å². The van der Waals surface area contributed by atoms with Gasteiger partial charge in [0.25, 0.3) is 0 Å². The molecule has 0 aliphatic rings. The molecule has 14 heavy (non-hydrogen) atoms. The van der Waals surface area contributed by atoms with Gasteiger partial charge in [-0.1, -0.05) is 20.3 Å². The molecule has 4 nitrogen and oxygen atoms in total. The lowest BCUT2D eigenvalue weighted by molar-refractivity contribution is -0.126. The Kier molecular flexibility index (Phi) is 6.49. The lowest BCUT2D eigenvalue weighted by Gasteiger charge is -2.17. The van der Waals surface area contributed by atoms with Gasteiger partial charge in [0.05, 0.1) is 6.10 Å². The molecule has 0 heterocycles. The average molecular weight is 202 g/mol. The first-order chi connectivity index (χ1) is 6.47. The highest BCUT2D eigenvalue weighted by atomic mass is 16.3. The first kappa shape index (κ1) is 13.4. The van der Waals surface area contributed by atoms with E-state index in [2.05, 4.69) is 19.3 Å². The van der Waals surface area contributed by atoms with Gasteiger partial charge >= 0.3 is 0 Å². The number of rotatable bonds is 6. The summed E-state index contributed by atoms with van der Waals surface area (Å²) in [5.41, 5.74) is 2.14. The maximum absolute atomic E-state index is 11.3. The van der Waals surface area contributed by atoms with E-state index in [-0.39, 0.29) is 11.8 Å². The first-order valence-electron chi connectivity index (χ1n) is 5.15. The Bertz CT molecular complexity index is 170. The lowest BCUT2D eigenvalue weighted by Crippen LogP contribution is -2.37. The Hall–Kier alpha value is -0.610. The molecule has 0 aromatic rings. The molecule has 0 aromatic heterocycles. The van der Waals surface area contributed by atoms with Crippen molar-refractivity contribution < 1.29 is 9.90 Å². The molecule has 0 spiro atoms. The van der Waals surface area contributed by atoms with Crippen LogP contribution < -0.4 is 11.3 Å². The molecule has 4 N–H and O–H groups in total. The third kappa shape index (κ3) is 5.94. The second kappa shape index (κ2) is 6.79. The van der Waals surface area contributed by atoms with E-state index in [0.29, 0.717) is 12.3 Å². The number of hydrogen-bond acceptors (Lipinski definition) is 3.